The number of ether oxygens (including phenoxy) is 2. The third-order valence-electron chi connectivity index (χ3n) is 1.83. The molecule has 1 atom stereocenters. The zero-order chi connectivity index (χ0) is 13.5. The third kappa shape index (κ3) is 8.50. The largest absolute Gasteiger partial charge is 0.480 e. The Balaban J connectivity index is 4.16. The average molecular weight is 247 g/mol. The van der Waals surface area contributed by atoms with Crippen LogP contribution in [0.25, 0.3) is 0 Å². The highest BCUT2D eigenvalue weighted by molar-refractivity contribution is 5.79. The molecule has 6 nitrogen and oxygen atoms in total. The standard InChI is InChI=1S/C11H21NO5/c1-11(2,3)17-10(15)12-8(9(13)14)6-5-7-16-4/h8H,5-7H2,1-4H3,(H,12,15)(H,13,14)/t8-/m0/s1. The minimum Gasteiger partial charge on any atom is -0.480 e. The number of carboxylic acid groups (broad SMARTS) is 1. The number of carbonyl (C=O) groups is 2. The number of alkyl carbamates (subject to hydrolysis) is 1. The van der Waals surface area contributed by atoms with E-state index in [0.717, 1.165) is 0 Å². The van der Waals surface area contributed by atoms with Gasteiger partial charge in [-0.25, -0.2) is 9.59 Å². The van der Waals surface area contributed by atoms with Crippen molar-refractivity contribution in [1.29, 1.82) is 0 Å². The Morgan fingerprint density at radius 1 is 1.35 bits per heavy atom. The van der Waals surface area contributed by atoms with E-state index in [0.29, 0.717) is 19.4 Å². The molecule has 100 valence electrons. The van der Waals surface area contributed by atoms with E-state index < -0.39 is 23.7 Å². The number of methoxy groups -OCH3 is 1. The maximum atomic E-state index is 11.4. The molecule has 2 N–H and O–H groups in total. The van der Waals surface area contributed by atoms with Crippen LogP contribution in [-0.4, -0.2) is 42.5 Å². The molecule has 1 amide bonds. The summed E-state index contributed by atoms with van der Waals surface area (Å²) in [6.07, 6.45) is 0.147. The first-order valence-electron chi connectivity index (χ1n) is 5.47. The van der Waals surface area contributed by atoms with Gasteiger partial charge in [0.1, 0.15) is 11.6 Å². The fourth-order valence-corrected chi connectivity index (χ4v) is 1.14. The van der Waals surface area contributed by atoms with E-state index in [1.165, 1.54) is 7.11 Å². The molecule has 17 heavy (non-hydrogen) atoms. The molecule has 0 aliphatic heterocycles. The molecule has 0 aromatic carbocycles. The zero-order valence-corrected chi connectivity index (χ0v) is 10.8. The second kappa shape index (κ2) is 7.11. The van der Waals surface area contributed by atoms with Crippen LogP contribution in [0.4, 0.5) is 4.79 Å². The van der Waals surface area contributed by atoms with Crippen LogP contribution in [0.15, 0.2) is 0 Å². The molecular weight excluding hydrogens is 226 g/mol. The number of hydrogen-bond acceptors (Lipinski definition) is 4. The summed E-state index contributed by atoms with van der Waals surface area (Å²) in [7, 11) is 1.54. The Morgan fingerprint density at radius 3 is 2.35 bits per heavy atom. The van der Waals surface area contributed by atoms with Crippen molar-refractivity contribution in [2.24, 2.45) is 0 Å². The Labute approximate surface area is 101 Å². The van der Waals surface area contributed by atoms with Crippen molar-refractivity contribution in [2.45, 2.75) is 45.3 Å². The summed E-state index contributed by atoms with van der Waals surface area (Å²) in [5, 5.41) is 11.2. The van der Waals surface area contributed by atoms with Gasteiger partial charge in [-0.3, -0.25) is 0 Å². The Hall–Kier alpha value is -1.30. The van der Waals surface area contributed by atoms with Crippen molar-refractivity contribution >= 4 is 12.1 Å². The Morgan fingerprint density at radius 2 is 1.94 bits per heavy atom. The SMILES string of the molecule is COCCC[C@H](NC(=O)OC(C)(C)C)C(=O)O. The molecule has 0 radical (unpaired) electrons. The van der Waals surface area contributed by atoms with Gasteiger partial charge >= 0.3 is 12.1 Å². The van der Waals surface area contributed by atoms with Crippen LogP contribution in [0.5, 0.6) is 0 Å². The predicted molar refractivity (Wildman–Crippen MR) is 61.9 cm³/mol. The zero-order valence-electron chi connectivity index (χ0n) is 10.8. The maximum Gasteiger partial charge on any atom is 0.408 e. The molecular formula is C11H21NO5. The summed E-state index contributed by atoms with van der Waals surface area (Å²) in [4.78, 5) is 22.3. The molecule has 0 unspecified atom stereocenters. The van der Waals surface area contributed by atoms with Gasteiger partial charge in [0.15, 0.2) is 0 Å². The van der Waals surface area contributed by atoms with Gasteiger partial charge in [-0.05, 0) is 33.6 Å². The lowest BCUT2D eigenvalue weighted by Crippen LogP contribution is -2.43. The summed E-state index contributed by atoms with van der Waals surface area (Å²) in [5.74, 6) is -1.08. The van der Waals surface area contributed by atoms with E-state index in [-0.39, 0.29) is 0 Å². The third-order valence-corrected chi connectivity index (χ3v) is 1.83. The van der Waals surface area contributed by atoms with Crippen molar-refractivity contribution < 1.29 is 24.2 Å². The molecule has 0 aliphatic carbocycles. The van der Waals surface area contributed by atoms with E-state index in [1.54, 1.807) is 20.8 Å². The van der Waals surface area contributed by atoms with E-state index in [9.17, 15) is 9.59 Å². The van der Waals surface area contributed by atoms with Crippen LogP contribution < -0.4 is 5.32 Å². The van der Waals surface area contributed by atoms with Crippen molar-refractivity contribution in [3.8, 4) is 0 Å². The van der Waals surface area contributed by atoms with Crippen LogP contribution in [0.2, 0.25) is 0 Å². The highest BCUT2D eigenvalue weighted by Gasteiger charge is 2.23. The minimum atomic E-state index is -1.08. The van der Waals surface area contributed by atoms with Gasteiger partial charge in [0.05, 0.1) is 0 Å². The number of carbonyl (C=O) groups excluding carboxylic acids is 1. The molecule has 6 heteroatoms. The number of aliphatic carboxylic acids is 1. The van der Waals surface area contributed by atoms with Crippen molar-refractivity contribution in [2.75, 3.05) is 13.7 Å². The fourth-order valence-electron chi connectivity index (χ4n) is 1.14. The second-order valence-electron chi connectivity index (χ2n) is 4.67. The van der Waals surface area contributed by atoms with Crippen molar-refractivity contribution in [3.63, 3.8) is 0 Å². The van der Waals surface area contributed by atoms with E-state index in [1.807, 2.05) is 0 Å². The number of nitrogens with one attached hydrogen (secondary N) is 1. The topological polar surface area (TPSA) is 84.9 Å². The highest BCUT2D eigenvalue weighted by atomic mass is 16.6. The smallest absolute Gasteiger partial charge is 0.408 e. The second-order valence-corrected chi connectivity index (χ2v) is 4.67. The van der Waals surface area contributed by atoms with Gasteiger partial charge in [-0.2, -0.15) is 0 Å². The lowest BCUT2D eigenvalue weighted by atomic mass is 10.1. The van der Waals surface area contributed by atoms with Gasteiger partial charge in [0.2, 0.25) is 0 Å². The molecule has 0 aliphatic rings. The van der Waals surface area contributed by atoms with Gasteiger partial charge < -0.3 is 19.9 Å². The minimum absolute atomic E-state index is 0.308. The summed E-state index contributed by atoms with van der Waals surface area (Å²) in [5.41, 5.74) is -0.639. The molecule has 0 heterocycles. The van der Waals surface area contributed by atoms with Crippen LogP contribution in [0.1, 0.15) is 33.6 Å². The Kier molecular flexibility index (Phi) is 6.57. The predicted octanol–water partition coefficient (Wildman–Crippen LogP) is 1.39. The van der Waals surface area contributed by atoms with Gasteiger partial charge in [0, 0.05) is 13.7 Å². The first-order valence-corrected chi connectivity index (χ1v) is 5.47. The molecule has 0 aromatic rings. The fraction of sp³-hybridized carbons (Fsp3) is 0.818. The van der Waals surface area contributed by atoms with Crippen LogP contribution in [0, 0.1) is 0 Å². The molecule has 0 bridgehead atoms. The molecule has 0 fully saturated rings. The monoisotopic (exact) mass is 247 g/mol. The Bertz CT molecular complexity index is 259. The number of amides is 1. The summed E-state index contributed by atoms with van der Waals surface area (Å²) >= 11 is 0. The number of hydrogen-bond donors (Lipinski definition) is 2. The maximum absolute atomic E-state index is 11.4. The molecule has 0 aromatic heterocycles. The lowest BCUT2D eigenvalue weighted by molar-refractivity contribution is -0.139. The van der Waals surface area contributed by atoms with Crippen molar-refractivity contribution in [3.05, 3.63) is 0 Å². The first-order chi connectivity index (χ1) is 7.76. The number of rotatable bonds is 6. The van der Waals surface area contributed by atoms with E-state index in [4.69, 9.17) is 14.6 Å². The van der Waals surface area contributed by atoms with Crippen molar-refractivity contribution in [1.82, 2.24) is 5.32 Å². The molecule has 0 saturated heterocycles. The average Bonchev–Trinajstić information content (AvgIpc) is 2.13. The van der Waals surface area contributed by atoms with Gasteiger partial charge in [0.25, 0.3) is 0 Å². The molecule has 0 saturated carbocycles. The summed E-state index contributed by atoms with van der Waals surface area (Å²) < 4.78 is 9.80. The van der Waals surface area contributed by atoms with Crippen LogP contribution in [-0.2, 0) is 14.3 Å². The molecule has 0 rings (SSSR count). The van der Waals surface area contributed by atoms with Crippen LogP contribution in [0.3, 0.4) is 0 Å². The van der Waals surface area contributed by atoms with Gasteiger partial charge in [-0.15, -0.1) is 0 Å². The molecule has 0 spiro atoms. The normalized spacial score (nSPS) is 12.9. The van der Waals surface area contributed by atoms with E-state index >= 15 is 0 Å². The van der Waals surface area contributed by atoms with Crippen LogP contribution >= 0.6 is 0 Å². The number of carboxylic acids is 1. The lowest BCUT2D eigenvalue weighted by Gasteiger charge is -2.21. The quantitative estimate of drug-likeness (QED) is 0.693. The summed E-state index contributed by atoms with van der Waals surface area (Å²) in [6, 6.07) is -0.944. The first kappa shape index (κ1) is 15.7. The summed E-state index contributed by atoms with van der Waals surface area (Å²) in [6.45, 7) is 5.60. The highest BCUT2D eigenvalue weighted by Crippen LogP contribution is 2.07. The van der Waals surface area contributed by atoms with E-state index in [2.05, 4.69) is 5.32 Å². The van der Waals surface area contributed by atoms with Gasteiger partial charge in [-0.1, -0.05) is 0 Å².